The van der Waals surface area contributed by atoms with E-state index >= 15 is 0 Å². The zero-order chi connectivity index (χ0) is 16.1. The maximum atomic E-state index is 5.03. The second-order valence-electron chi connectivity index (χ2n) is 2.90. The van der Waals surface area contributed by atoms with Gasteiger partial charge in [-0.3, -0.25) is 0 Å². The van der Waals surface area contributed by atoms with E-state index in [9.17, 15) is 0 Å². The van der Waals surface area contributed by atoms with Crippen molar-refractivity contribution in [3.05, 3.63) is 0 Å². The Kier molecular flexibility index (Phi) is 16.6. The summed E-state index contributed by atoms with van der Waals surface area (Å²) in [6.45, 7) is 0. The lowest BCUT2D eigenvalue weighted by molar-refractivity contribution is 0.426. The smallest absolute Gasteiger partial charge is 0.230 e. The van der Waals surface area contributed by atoms with E-state index in [1.807, 2.05) is 0 Å². The zero-order valence-corrected chi connectivity index (χ0v) is 18.7. The molecule has 0 aromatic rings. The molecule has 0 rings (SSSR count). The molecule has 0 aliphatic carbocycles. The third-order valence-electron chi connectivity index (χ3n) is 1.51. The molecule has 0 spiro atoms. The van der Waals surface area contributed by atoms with Gasteiger partial charge in [-0.2, -0.15) is 0 Å². The summed E-state index contributed by atoms with van der Waals surface area (Å²) in [5.41, 5.74) is 0. The summed E-state index contributed by atoms with van der Waals surface area (Å²) in [5.74, 6) is 1.82. The predicted molar refractivity (Wildman–Crippen MR) is 118 cm³/mol. The van der Waals surface area contributed by atoms with E-state index in [2.05, 4.69) is 0 Å². The molecule has 12 heteroatoms. The number of rotatable bonds is 8. The van der Waals surface area contributed by atoms with Gasteiger partial charge in [-0.1, -0.05) is 32.4 Å². The average Bonchev–Trinajstić information content (AvgIpc) is 2.50. The average molecular weight is 459 g/mol. The van der Waals surface area contributed by atoms with Crippen LogP contribution in [0.25, 0.3) is 0 Å². The second kappa shape index (κ2) is 15.3. The first kappa shape index (κ1) is 22.8. The Bertz CT molecular complexity index is 316. The van der Waals surface area contributed by atoms with Crippen molar-refractivity contribution in [3.63, 3.8) is 0 Å². The number of ether oxygens (including phenoxy) is 3. The lowest BCUT2D eigenvalue weighted by atomic mass is 10.6. The Balaban J connectivity index is 4.10. The summed E-state index contributed by atoms with van der Waals surface area (Å²) in [6, 6.07) is 0. The third-order valence-corrected chi connectivity index (χ3v) is 11.0. The number of hydrogen-bond donors (Lipinski definition) is 0. The van der Waals surface area contributed by atoms with Crippen LogP contribution in [0.4, 0.5) is 0 Å². The van der Waals surface area contributed by atoms with Gasteiger partial charge in [0, 0.05) is 16.8 Å². The van der Waals surface area contributed by atoms with Crippen LogP contribution in [0.15, 0.2) is 0 Å². The normalized spacial score (nSPS) is 10.3. The van der Waals surface area contributed by atoms with Crippen LogP contribution in [-0.4, -0.2) is 51.2 Å². The Labute approximate surface area is 165 Å². The molecular weight excluding hydrogens is 445 g/mol. The second-order valence-corrected chi connectivity index (χ2v) is 11.9. The Morgan fingerprint density at radius 2 is 1.14 bits per heavy atom. The summed E-state index contributed by atoms with van der Waals surface area (Å²) in [6.07, 6.45) is 0. The monoisotopic (exact) mass is 458 g/mol. The molecule has 0 fully saturated rings. The van der Waals surface area contributed by atoms with Crippen molar-refractivity contribution in [1.29, 1.82) is 0 Å². The van der Waals surface area contributed by atoms with Crippen LogP contribution < -0.4 is 0 Å². The van der Waals surface area contributed by atoms with E-state index in [1.54, 1.807) is 53.7 Å². The Morgan fingerprint density at radius 3 is 1.52 bits per heavy atom. The lowest BCUT2D eigenvalue weighted by Gasteiger charge is -2.14. The highest BCUT2D eigenvalue weighted by Crippen LogP contribution is 2.37. The van der Waals surface area contributed by atoms with Crippen molar-refractivity contribution >= 4 is 115 Å². The van der Waals surface area contributed by atoms with Crippen molar-refractivity contribution in [1.82, 2.24) is 0 Å². The standard InChI is InChI=1S/C9H14O3S9/c1-10-7(13)19-16-4-6(18-21-9(15)12-3)5-17-20-8(14)11-2/h6H,4-5H2,1-3H3. The van der Waals surface area contributed by atoms with Gasteiger partial charge < -0.3 is 14.2 Å². The lowest BCUT2D eigenvalue weighted by Crippen LogP contribution is -2.08. The molecule has 0 aliphatic rings. The van der Waals surface area contributed by atoms with Crippen LogP contribution in [0.5, 0.6) is 0 Å². The topological polar surface area (TPSA) is 27.7 Å². The van der Waals surface area contributed by atoms with Crippen LogP contribution in [0.2, 0.25) is 0 Å². The van der Waals surface area contributed by atoms with E-state index in [1.165, 1.54) is 32.4 Å². The van der Waals surface area contributed by atoms with Gasteiger partial charge >= 0.3 is 0 Å². The first-order chi connectivity index (χ1) is 10.0. The van der Waals surface area contributed by atoms with Gasteiger partial charge in [0.15, 0.2) is 0 Å². The molecule has 21 heavy (non-hydrogen) atoms. The SMILES string of the molecule is COC(=S)SSCC(CSSC(=S)OC)SSC(=S)OC. The minimum atomic E-state index is 0.373. The highest BCUT2D eigenvalue weighted by molar-refractivity contribution is 8.86. The molecule has 0 bridgehead atoms. The summed E-state index contributed by atoms with van der Waals surface area (Å²) in [5, 5.41) is 0.373. The summed E-state index contributed by atoms with van der Waals surface area (Å²) >= 11 is 15.0. The van der Waals surface area contributed by atoms with E-state index in [4.69, 9.17) is 50.9 Å². The van der Waals surface area contributed by atoms with Crippen LogP contribution in [0, 0.1) is 0 Å². The van der Waals surface area contributed by atoms with Crippen molar-refractivity contribution in [2.75, 3.05) is 32.8 Å². The molecule has 3 nitrogen and oxygen atoms in total. The van der Waals surface area contributed by atoms with Crippen LogP contribution in [0.3, 0.4) is 0 Å². The molecule has 0 aromatic heterocycles. The molecule has 0 aliphatic heterocycles. The van der Waals surface area contributed by atoms with Gasteiger partial charge in [-0.15, -0.1) is 0 Å². The molecule has 0 radical (unpaired) electrons. The van der Waals surface area contributed by atoms with E-state index in [-0.39, 0.29) is 0 Å². The minimum Gasteiger partial charge on any atom is -0.481 e. The van der Waals surface area contributed by atoms with Crippen LogP contribution in [0.1, 0.15) is 0 Å². The van der Waals surface area contributed by atoms with Crippen LogP contribution >= 0.6 is 101 Å². The van der Waals surface area contributed by atoms with Gasteiger partial charge in [0.1, 0.15) is 0 Å². The highest BCUT2D eigenvalue weighted by Gasteiger charge is 2.14. The fourth-order valence-corrected chi connectivity index (χ4v) is 8.88. The quantitative estimate of drug-likeness (QED) is 0.349. The van der Waals surface area contributed by atoms with Crippen molar-refractivity contribution in [2.45, 2.75) is 5.25 Å². The maximum absolute atomic E-state index is 5.03. The molecule has 0 heterocycles. The molecule has 122 valence electrons. The van der Waals surface area contributed by atoms with Crippen LogP contribution in [-0.2, 0) is 14.2 Å². The molecule has 0 aromatic carbocycles. The summed E-state index contributed by atoms with van der Waals surface area (Å²) in [4.78, 5) is 0. The molecule has 0 amide bonds. The molecule has 0 saturated heterocycles. The highest BCUT2D eigenvalue weighted by atomic mass is 33.1. The van der Waals surface area contributed by atoms with Gasteiger partial charge in [-0.05, 0) is 69.0 Å². The van der Waals surface area contributed by atoms with Crippen molar-refractivity contribution in [3.8, 4) is 0 Å². The van der Waals surface area contributed by atoms with E-state index < -0.39 is 0 Å². The van der Waals surface area contributed by atoms with E-state index in [0.29, 0.717) is 18.4 Å². The molecule has 0 saturated carbocycles. The molecule has 0 unspecified atom stereocenters. The Morgan fingerprint density at radius 1 is 0.762 bits per heavy atom. The maximum Gasteiger partial charge on any atom is 0.230 e. The fraction of sp³-hybridized carbons (Fsp3) is 0.667. The van der Waals surface area contributed by atoms with Crippen molar-refractivity contribution < 1.29 is 14.2 Å². The largest absolute Gasteiger partial charge is 0.481 e. The first-order valence-corrected chi connectivity index (χ1v) is 13.3. The zero-order valence-electron chi connectivity index (χ0n) is 11.4. The first-order valence-electron chi connectivity index (χ1n) is 5.19. The summed E-state index contributed by atoms with van der Waals surface area (Å²) < 4.78 is 16.5. The number of thiocarbonyl (C=S) groups is 3. The Hall–Kier alpha value is 1.77. The minimum absolute atomic E-state index is 0.373. The number of methoxy groups -OCH3 is 3. The fourth-order valence-electron chi connectivity index (χ4n) is 0.629. The molecule has 0 N–H and O–H groups in total. The molecular formula is C9H14O3S9. The van der Waals surface area contributed by atoms with E-state index in [0.717, 1.165) is 11.5 Å². The number of hydrogen-bond acceptors (Lipinski definition) is 12. The van der Waals surface area contributed by atoms with Gasteiger partial charge in [0.25, 0.3) is 0 Å². The van der Waals surface area contributed by atoms with Gasteiger partial charge in [-0.25, -0.2) is 0 Å². The van der Waals surface area contributed by atoms with Gasteiger partial charge in [0.05, 0.1) is 21.3 Å². The van der Waals surface area contributed by atoms with Gasteiger partial charge in [0.2, 0.25) is 13.1 Å². The third kappa shape index (κ3) is 13.9. The summed E-state index contributed by atoms with van der Waals surface area (Å²) in [7, 11) is 14.1. The predicted octanol–water partition coefficient (Wildman–Crippen LogP) is 5.29. The molecule has 0 atom stereocenters. The van der Waals surface area contributed by atoms with Crippen molar-refractivity contribution in [2.24, 2.45) is 0 Å².